The van der Waals surface area contributed by atoms with Gasteiger partial charge in [0.15, 0.2) is 0 Å². The molecule has 1 saturated heterocycles. The molecule has 0 spiro atoms. The second-order valence-electron chi connectivity index (χ2n) is 4.57. The lowest BCUT2D eigenvalue weighted by molar-refractivity contribution is 0.179. The normalized spacial score (nSPS) is 21.2. The zero-order valence-corrected chi connectivity index (χ0v) is 10.9. The molecule has 0 radical (unpaired) electrons. The van der Waals surface area contributed by atoms with Gasteiger partial charge in [0.05, 0.1) is 19.8 Å². The summed E-state index contributed by atoms with van der Waals surface area (Å²) >= 11 is 0. The summed E-state index contributed by atoms with van der Waals surface area (Å²) in [6.07, 6.45) is 3.73. The molecule has 0 unspecified atom stereocenters. The van der Waals surface area contributed by atoms with Crippen molar-refractivity contribution < 1.29 is 9.47 Å². The Hall–Kier alpha value is -1.22. The third-order valence-electron chi connectivity index (χ3n) is 3.57. The number of nitrogens with zero attached hydrogens (tertiary/aromatic N) is 1. The fourth-order valence-corrected chi connectivity index (χ4v) is 2.65. The molecule has 94 valence electrons. The van der Waals surface area contributed by atoms with Crippen molar-refractivity contribution in [2.75, 3.05) is 27.8 Å². The van der Waals surface area contributed by atoms with Crippen molar-refractivity contribution in [1.82, 2.24) is 4.90 Å². The third-order valence-corrected chi connectivity index (χ3v) is 3.57. The van der Waals surface area contributed by atoms with E-state index in [1.54, 1.807) is 14.2 Å². The van der Waals surface area contributed by atoms with Crippen molar-refractivity contribution in [1.29, 1.82) is 0 Å². The number of ether oxygens (including phenoxy) is 2. The minimum Gasteiger partial charge on any atom is -0.496 e. The average Bonchev–Trinajstić information content (AvgIpc) is 2.38. The molecule has 0 saturated carbocycles. The number of piperidine rings is 1. The van der Waals surface area contributed by atoms with Crippen LogP contribution in [0.2, 0.25) is 0 Å². The standard InChI is InChI=1S/C14H21NO2/c1-15-10-5-4-7-11(15)14-12(16-2)8-6-9-13(14)17-3/h6,8-9,11H,4-5,7,10H2,1-3H3/t11-/m1/s1. The van der Waals surface area contributed by atoms with Gasteiger partial charge < -0.3 is 9.47 Å². The van der Waals surface area contributed by atoms with Gasteiger partial charge in [-0.25, -0.2) is 0 Å². The van der Waals surface area contributed by atoms with Crippen LogP contribution in [0.15, 0.2) is 18.2 Å². The summed E-state index contributed by atoms with van der Waals surface area (Å²) in [5.74, 6) is 1.87. The molecule has 3 nitrogen and oxygen atoms in total. The van der Waals surface area contributed by atoms with Gasteiger partial charge in [-0.05, 0) is 38.6 Å². The van der Waals surface area contributed by atoms with Gasteiger partial charge in [0, 0.05) is 6.04 Å². The maximum absolute atomic E-state index is 5.48. The molecular weight excluding hydrogens is 214 g/mol. The second kappa shape index (κ2) is 5.41. The van der Waals surface area contributed by atoms with Gasteiger partial charge in [-0.1, -0.05) is 12.5 Å². The molecule has 1 aromatic carbocycles. The summed E-state index contributed by atoms with van der Waals surface area (Å²) in [5.41, 5.74) is 1.19. The van der Waals surface area contributed by atoms with Gasteiger partial charge in [0.2, 0.25) is 0 Å². The topological polar surface area (TPSA) is 21.7 Å². The first-order valence-corrected chi connectivity index (χ1v) is 6.19. The minimum absolute atomic E-state index is 0.412. The van der Waals surface area contributed by atoms with Crippen molar-refractivity contribution in [3.8, 4) is 11.5 Å². The maximum Gasteiger partial charge on any atom is 0.127 e. The van der Waals surface area contributed by atoms with Crippen LogP contribution in [0.3, 0.4) is 0 Å². The Bertz CT molecular complexity index is 356. The highest BCUT2D eigenvalue weighted by Gasteiger charge is 2.26. The summed E-state index contributed by atoms with van der Waals surface area (Å²) in [5, 5.41) is 0. The fourth-order valence-electron chi connectivity index (χ4n) is 2.65. The number of hydrogen-bond acceptors (Lipinski definition) is 3. The van der Waals surface area contributed by atoms with Crippen molar-refractivity contribution in [2.45, 2.75) is 25.3 Å². The molecule has 2 rings (SSSR count). The fraction of sp³-hybridized carbons (Fsp3) is 0.571. The molecule has 0 aromatic heterocycles. The third kappa shape index (κ3) is 2.39. The minimum atomic E-state index is 0.412. The first-order chi connectivity index (χ1) is 8.27. The summed E-state index contributed by atoms with van der Waals surface area (Å²) in [6, 6.07) is 6.42. The Labute approximate surface area is 103 Å². The largest absolute Gasteiger partial charge is 0.496 e. The van der Waals surface area contributed by atoms with Crippen LogP contribution in [0.25, 0.3) is 0 Å². The summed E-state index contributed by atoms with van der Waals surface area (Å²) in [7, 11) is 5.62. The zero-order valence-electron chi connectivity index (χ0n) is 10.9. The van der Waals surface area contributed by atoms with Gasteiger partial charge >= 0.3 is 0 Å². The molecule has 3 heteroatoms. The summed E-state index contributed by atoms with van der Waals surface area (Å²) < 4.78 is 11.0. The van der Waals surface area contributed by atoms with E-state index in [1.165, 1.54) is 24.8 Å². The first kappa shape index (κ1) is 12.2. The smallest absolute Gasteiger partial charge is 0.127 e. The molecule has 17 heavy (non-hydrogen) atoms. The summed E-state index contributed by atoms with van der Waals surface area (Å²) in [6.45, 7) is 1.14. The van der Waals surface area contributed by atoms with Crippen molar-refractivity contribution in [3.05, 3.63) is 23.8 Å². The molecule has 1 aliphatic heterocycles. The van der Waals surface area contributed by atoms with E-state index < -0.39 is 0 Å². The molecule has 0 bridgehead atoms. The second-order valence-corrected chi connectivity index (χ2v) is 4.57. The predicted octanol–water partition coefficient (Wildman–Crippen LogP) is 2.86. The lowest BCUT2D eigenvalue weighted by Crippen LogP contribution is -2.30. The Balaban J connectivity index is 2.40. The van der Waals surface area contributed by atoms with Crippen molar-refractivity contribution in [2.24, 2.45) is 0 Å². The van der Waals surface area contributed by atoms with Gasteiger partial charge in [-0.15, -0.1) is 0 Å². The van der Waals surface area contributed by atoms with E-state index in [1.807, 2.05) is 18.2 Å². The SMILES string of the molecule is COc1cccc(OC)c1[C@H]1CCCCN1C. The molecule has 1 fully saturated rings. The van der Waals surface area contributed by atoms with Crippen LogP contribution >= 0.6 is 0 Å². The van der Waals surface area contributed by atoms with Crippen LogP contribution in [0.1, 0.15) is 30.9 Å². The highest BCUT2D eigenvalue weighted by atomic mass is 16.5. The molecule has 1 aromatic rings. The quantitative estimate of drug-likeness (QED) is 0.804. The van der Waals surface area contributed by atoms with Crippen LogP contribution < -0.4 is 9.47 Å². The average molecular weight is 235 g/mol. The Kier molecular flexibility index (Phi) is 3.89. The lowest BCUT2D eigenvalue weighted by Gasteiger charge is -2.34. The van der Waals surface area contributed by atoms with Crippen LogP contribution in [0.5, 0.6) is 11.5 Å². The predicted molar refractivity (Wildman–Crippen MR) is 68.8 cm³/mol. The van der Waals surface area contributed by atoms with Gasteiger partial charge in [0.25, 0.3) is 0 Å². The van der Waals surface area contributed by atoms with E-state index in [0.717, 1.165) is 18.0 Å². The molecule has 0 N–H and O–H groups in total. The van der Waals surface area contributed by atoms with Gasteiger partial charge in [-0.3, -0.25) is 4.90 Å². The van der Waals surface area contributed by atoms with E-state index in [2.05, 4.69) is 11.9 Å². The molecule has 0 aliphatic carbocycles. The van der Waals surface area contributed by atoms with Crippen LogP contribution in [-0.2, 0) is 0 Å². The molecule has 0 amide bonds. The maximum atomic E-state index is 5.48. The van der Waals surface area contributed by atoms with Gasteiger partial charge in [-0.2, -0.15) is 0 Å². The van der Waals surface area contributed by atoms with Gasteiger partial charge in [0.1, 0.15) is 11.5 Å². The monoisotopic (exact) mass is 235 g/mol. The molecule has 1 heterocycles. The highest BCUT2D eigenvalue weighted by Crippen LogP contribution is 2.40. The lowest BCUT2D eigenvalue weighted by atomic mass is 9.94. The number of likely N-dealkylation sites (tertiary alicyclic amines) is 1. The highest BCUT2D eigenvalue weighted by molar-refractivity contribution is 5.47. The van der Waals surface area contributed by atoms with E-state index in [9.17, 15) is 0 Å². The number of methoxy groups -OCH3 is 2. The zero-order chi connectivity index (χ0) is 12.3. The number of hydrogen-bond donors (Lipinski definition) is 0. The van der Waals surface area contributed by atoms with Crippen LogP contribution in [-0.4, -0.2) is 32.7 Å². The Morgan fingerprint density at radius 1 is 1.12 bits per heavy atom. The Morgan fingerprint density at radius 2 is 1.76 bits per heavy atom. The number of benzene rings is 1. The molecule has 1 atom stereocenters. The molecular formula is C14H21NO2. The summed E-state index contributed by atoms with van der Waals surface area (Å²) in [4.78, 5) is 2.39. The van der Waals surface area contributed by atoms with E-state index in [0.29, 0.717) is 6.04 Å². The van der Waals surface area contributed by atoms with Crippen molar-refractivity contribution in [3.63, 3.8) is 0 Å². The Morgan fingerprint density at radius 3 is 2.29 bits per heavy atom. The van der Waals surface area contributed by atoms with E-state index >= 15 is 0 Å². The molecule has 1 aliphatic rings. The van der Waals surface area contributed by atoms with Crippen molar-refractivity contribution >= 4 is 0 Å². The van der Waals surface area contributed by atoms with E-state index in [-0.39, 0.29) is 0 Å². The van der Waals surface area contributed by atoms with Crippen LogP contribution in [0.4, 0.5) is 0 Å². The number of rotatable bonds is 3. The first-order valence-electron chi connectivity index (χ1n) is 6.19. The van der Waals surface area contributed by atoms with E-state index in [4.69, 9.17) is 9.47 Å². The van der Waals surface area contributed by atoms with Crippen LogP contribution in [0, 0.1) is 0 Å².